The molecule has 0 N–H and O–H groups in total. The van der Waals surface area contributed by atoms with Crippen LogP contribution in [0.2, 0.25) is 0 Å². The molecule has 1 nitrogen and oxygen atoms in total. The third-order valence-corrected chi connectivity index (χ3v) is 10.8. The zero-order valence-electron chi connectivity index (χ0n) is 25.5. The van der Waals surface area contributed by atoms with E-state index in [1.165, 1.54) is 72.3 Å². The summed E-state index contributed by atoms with van der Waals surface area (Å²) in [6.45, 7) is 2.37. The summed E-state index contributed by atoms with van der Waals surface area (Å²) < 4.78 is 6.68. The third-order valence-electron chi connectivity index (χ3n) is 10.8. The number of fused-ring (bicyclic) bond motifs is 12. The molecule has 0 amide bonds. The zero-order valence-corrected chi connectivity index (χ0v) is 25.5. The molecule has 0 radical (unpaired) electrons. The van der Waals surface area contributed by atoms with Crippen molar-refractivity contribution in [2.75, 3.05) is 0 Å². The average Bonchev–Trinajstić information content (AvgIpc) is 3.56. The second-order valence-electron chi connectivity index (χ2n) is 12.9. The van der Waals surface area contributed by atoms with Crippen LogP contribution in [0, 0.1) is 0 Å². The van der Waals surface area contributed by atoms with Gasteiger partial charge in [-0.15, -0.1) is 0 Å². The van der Waals surface area contributed by atoms with E-state index in [-0.39, 0.29) is 5.41 Å². The van der Waals surface area contributed by atoms with Crippen LogP contribution in [-0.4, -0.2) is 0 Å². The molecule has 10 rings (SSSR count). The van der Waals surface area contributed by atoms with E-state index in [1.54, 1.807) is 0 Å². The van der Waals surface area contributed by atoms with Gasteiger partial charge in [0, 0.05) is 16.5 Å². The molecule has 1 heteroatoms. The number of rotatable bonds is 2. The number of benzene rings is 7. The van der Waals surface area contributed by atoms with Crippen molar-refractivity contribution >= 4 is 0 Å². The maximum atomic E-state index is 6.68. The molecule has 3 aliphatic rings. The van der Waals surface area contributed by atoms with Crippen molar-refractivity contribution in [3.05, 3.63) is 203 Å². The summed E-state index contributed by atoms with van der Waals surface area (Å²) in [5.41, 5.74) is 16.0. The average molecular weight is 587 g/mol. The summed E-state index contributed by atoms with van der Waals surface area (Å²) in [5, 5.41) is 0. The first kappa shape index (κ1) is 25.6. The number of para-hydroxylation sites is 1. The van der Waals surface area contributed by atoms with Crippen LogP contribution in [0.15, 0.2) is 164 Å². The second kappa shape index (κ2) is 9.19. The van der Waals surface area contributed by atoms with Crippen molar-refractivity contribution in [2.45, 2.75) is 17.8 Å². The summed E-state index contributed by atoms with van der Waals surface area (Å²) in [7, 11) is 0. The van der Waals surface area contributed by atoms with Crippen LogP contribution >= 0.6 is 0 Å². The molecule has 1 atom stereocenters. The lowest BCUT2D eigenvalue weighted by atomic mass is 9.65. The van der Waals surface area contributed by atoms with Crippen molar-refractivity contribution in [1.29, 1.82) is 0 Å². The highest BCUT2D eigenvalue weighted by molar-refractivity contribution is 5.90. The minimum atomic E-state index is -0.470. The van der Waals surface area contributed by atoms with Gasteiger partial charge in [0.1, 0.15) is 11.5 Å². The topological polar surface area (TPSA) is 9.23 Å². The normalized spacial score (nSPS) is 17.2. The molecule has 46 heavy (non-hydrogen) atoms. The van der Waals surface area contributed by atoms with Crippen molar-refractivity contribution in [2.24, 2.45) is 0 Å². The van der Waals surface area contributed by atoms with Gasteiger partial charge in [-0.25, -0.2) is 0 Å². The highest BCUT2D eigenvalue weighted by atomic mass is 16.5. The summed E-state index contributed by atoms with van der Waals surface area (Å²) in [5.74, 6) is 1.83. The molecular formula is C45H30O. The van der Waals surface area contributed by atoms with Crippen LogP contribution in [0.3, 0.4) is 0 Å². The molecule has 0 fully saturated rings. The van der Waals surface area contributed by atoms with Crippen molar-refractivity contribution in [3.8, 4) is 44.9 Å². The Balaban J connectivity index is 1.21. The van der Waals surface area contributed by atoms with Crippen LogP contribution in [0.4, 0.5) is 0 Å². The number of hydrogen-bond donors (Lipinski definition) is 0. The monoisotopic (exact) mass is 586 g/mol. The third kappa shape index (κ3) is 3.15. The molecule has 0 saturated heterocycles. The van der Waals surface area contributed by atoms with Crippen LogP contribution < -0.4 is 4.74 Å². The van der Waals surface area contributed by atoms with E-state index in [0.717, 1.165) is 11.5 Å². The van der Waals surface area contributed by atoms with E-state index in [9.17, 15) is 0 Å². The highest BCUT2D eigenvalue weighted by Gasteiger charge is 2.51. The van der Waals surface area contributed by atoms with Gasteiger partial charge in [-0.3, -0.25) is 0 Å². The van der Waals surface area contributed by atoms with Gasteiger partial charge < -0.3 is 4.74 Å². The fraction of sp³-hybridized carbons (Fsp3) is 0.0667. The Bertz CT molecular complexity index is 2320. The van der Waals surface area contributed by atoms with E-state index in [0.29, 0.717) is 0 Å². The molecule has 1 spiro atoms. The molecule has 0 bridgehead atoms. The predicted octanol–water partition coefficient (Wildman–Crippen LogP) is 11.2. The Kier molecular flexibility index (Phi) is 5.12. The molecule has 0 aromatic heterocycles. The van der Waals surface area contributed by atoms with Crippen molar-refractivity contribution in [1.82, 2.24) is 0 Å². The van der Waals surface area contributed by atoms with Gasteiger partial charge in [-0.2, -0.15) is 0 Å². The molecule has 7 aromatic carbocycles. The first-order valence-electron chi connectivity index (χ1n) is 16.1. The SMILES string of the molecule is CC1(c2ccccc2)c2ccccc2-c2cc(-c3ccc4c(c3)C3(c5ccccc5O4)c4ccccc4-c4ccccc43)ccc21. The summed E-state index contributed by atoms with van der Waals surface area (Å²) >= 11 is 0. The van der Waals surface area contributed by atoms with E-state index in [1.807, 2.05) is 0 Å². The molecule has 0 saturated carbocycles. The van der Waals surface area contributed by atoms with Gasteiger partial charge in [0.25, 0.3) is 0 Å². The number of hydrogen-bond acceptors (Lipinski definition) is 1. The Labute approximate surface area is 269 Å². The Hall–Kier alpha value is -5.66. The minimum absolute atomic E-state index is 0.208. The Morgan fingerprint density at radius 1 is 0.370 bits per heavy atom. The highest BCUT2D eigenvalue weighted by Crippen LogP contribution is 2.62. The summed E-state index contributed by atoms with van der Waals surface area (Å²) in [4.78, 5) is 0. The molecule has 1 heterocycles. The van der Waals surface area contributed by atoms with Crippen molar-refractivity contribution < 1.29 is 4.74 Å². The van der Waals surface area contributed by atoms with Crippen molar-refractivity contribution in [3.63, 3.8) is 0 Å². The number of ether oxygens (including phenoxy) is 1. The van der Waals surface area contributed by atoms with Crippen LogP contribution in [-0.2, 0) is 10.8 Å². The quantitative estimate of drug-likeness (QED) is 0.196. The molecule has 2 aliphatic carbocycles. The van der Waals surface area contributed by atoms with Gasteiger partial charge in [0.15, 0.2) is 0 Å². The lowest BCUT2D eigenvalue weighted by molar-refractivity contribution is 0.436. The standard InChI is InChI=1S/C45H30O/c1-44(31-13-3-2-4-14-31)36-18-8-5-17-34(36)35-27-29(23-25-37(35)44)30-24-26-43-41(28-30)45(40-21-11-12-22-42(40)46-43)38-19-9-6-15-32(38)33-16-7-10-20-39(33)45/h2-28H,1H3. The lowest BCUT2D eigenvalue weighted by Gasteiger charge is -2.39. The molecule has 7 aromatic rings. The lowest BCUT2D eigenvalue weighted by Crippen LogP contribution is -2.32. The maximum absolute atomic E-state index is 6.68. The smallest absolute Gasteiger partial charge is 0.132 e. The predicted molar refractivity (Wildman–Crippen MR) is 187 cm³/mol. The first-order chi connectivity index (χ1) is 22.7. The van der Waals surface area contributed by atoms with Gasteiger partial charge in [-0.1, -0.05) is 140 Å². The largest absolute Gasteiger partial charge is 0.457 e. The van der Waals surface area contributed by atoms with E-state index >= 15 is 0 Å². The van der Waals surface area contributed by atoms with Crippen LogP contribution in [0.5, 0.6) is 11.5 Å². The molecule has 216 valence electrons. The second-order valence-corrected chi connectivity index (χ2v) is 12.9. The fourth-order valence-corrected chi connectivity index (χ4v) is 8.80. The minimum Gasteiger partial charge on any atom is -0.457 e. The van der Waals surface area contributed by atoms with Gasteiger partial charge >= 0.3 is 0 Å². The van der Waals surface area contributed by atoms with Gasteiger partial charge in [0.05, 0.1) is 5.41 Å². The van der Waals surface area contributed by atoms with Gasteiger partial charge in [0.2, 0.25) is 0 Å². The van der Waals surface area contributed by atoms with E-state index < -0.39 is 5.41 Å². The van der Waals surface area contributed by atoms with E-state index in [4.69, 9.17) is 4.74 Å². The molecular weight excluding hydrogens is 556 g/mol. The van der Waals surface area contributed by atoms with E-state index in [2.05, 4.69) is 171 Å². The van der Waals surface area contributed by atoms with Crippen LogP contribution in [0.25, 0.3) is 33.4 Å². The molecule has 1 unspecified atom stereocenters. The first-order valence-corrected chi connectivity index (χ1v) is 16.1. The molecule has 1 aliphatic heterocycles. The zero-order chi connectivity index (χ0) is 30.5. The van der Waals surface area contributed by atoms with Crippen LogP contribution in [0.1, 0.15) is 45.9 Å². The maximum Gasteiger partial charge on any atom is 0.132 e. The fourth-order valence-electron chi connectivity index (χ4n) is 8.80. The summed E-state index contributed by atoms with van der Waals surface area (Å²) in [6.07, 6.45) is 0. The Morgan fingerprint density at radius 3 is 1.59 bits per heavy atom. The van der Waals surface area contributed by atoms with Gasteiger partial charge in [-0.05, 0) is 92.4 Å². The summed E-state index contributed by atoms with van der Waals surface area (Å²) in [6, 6.07) is 60.1. The Morgan fingerprint density at radius 2 is 0.870 bits per heavy atom.